The summed E-state index contributed by atoms with van der Waals surface area (Å²) in [6.45, 7) is 1.93. The van der Waals surface area contributed by atoms with Crippen molar-refractivity contribution in [1.29, 1.82) is 0 Å². The molecular formula is C13H12O3S2. The summed E-state index contributed by atoms with van der Waals surface area (Å²) in [5.41, 5.74) is 0.969. The molecule has 0 aromatic carbocycles. The molecule has 0 aliphatic heterocycles. The molecular weight excluding hydrogens is 268 g/mol. The lowest BCUT2D eigenvalue weighted by molar-refractivity contribution is -0.131. The van der Waals surface area contributed by atoms with E-state index in [2.05, 4.69) is 0 Å². The Balaban J connectivity index is 2.04. The summed E-state index contributed by atoms with van der Waals surface area (Å²) in [6.07, 6.45) is 4.48. The first-order valence-corrected chi connectivity index (χ1v) is 7.17. The summed E-state index contributed by atoms with van der Waals surface area (Å²) in [5, 5.41) is 10.6. The Morgan fingerprint density at radius 2 is 2.39 bits per heavy atom. The lowest BCUT2D eigenvalue weighted by atomic mass is 10.2. The summed E-state index contributed by atoms with van der Waals surface area (Å²) in [6, 6.07) is 3.88. The minimum atomic E-state index is -0.925. The molecule has 0 saturated heterocycles. The Morgan fingerprint density at radius 3 is 3.06 bits per heavy atom. The second kappa shape index (κ2) is 5.93. The maximum atomic E-state index is 10.5. The van der Waals surface area contributed by atoms with Gasteiger partial charge in [-0.15, -0.1) is 23.1 Å². The average molecular weight is 280 g/mol. The fourth-order valence-electron chi connectivity index (χ4n) is 1.44. The maximum absolute atomic E-state index is 10.5. The molecule has 0 unspecified atom stereocenters. The van der Waals surface area contributed by atoms with Gasteiger partial charge in [-0.2, -0.15) is 0 Å². The van der Waals surface area contributed by atoms with Crippen molar-refractivity contribution in [3.63, 3.8) is 0 Å². The summed E-state index contributed by atoms with van der Waals surface area (Å²) in [4.78, 5) is 12.8. The second-order valence-corrected chi connectivity index (χ2v) is 5.62. The van der Waals surface area contributed by atoms with Crippen LogP contribution in [-0.2, 0) is 10.5 Å². The van der Waals surface area contributed by atoms with Crippen LogP contribution >= 0.6 is 23.1 Å². The lowest BCUT2D eigenvalue weighted by Gasteiger charge is -1.99. The van der Waals surface area contributed by atoms with Crippen LogP contribution in [0.3, 0.4) is 0 Å². The minimum absolute atomic E-state index is 0.817. The Morgan fingerprint density at radius 1 is 1.56 bits per heavy atom. The number of carbonyl (C=O) groups is 1. The second-order valence-electron chi connectivity index (χ2n) is 3.60. The van der Waals surface area contributed by atoms with Gasteiger partial charge in [-0.05, 0) is 36.1 Å². The van der Waals surface area contributed by atoms with Gasteiger partial charge in [-0.3, -0.25) is 0 Å². The number of hydrogen-bond donors (Lipinski definition) is 1. The smallest absolute Gasteiger partial charge is 0.328 e. The third-order valence-corrected chi connectivity index (χ3v) is 4.64. The first-order valence-electron chi connectivity index (χ1n) is 5.31. The molecule has 94 valence electrons. The van der Waals surface area contributed by atoms with E-state index in [1.54, 1.807) is 35.4 Å². The van der Waals surface area contributed by atoms with Gasteiger partial charge in [-0.1, -0.05) is 0 Å². The van der Waals surface area contributed by atoms with Crippen molar-refractivity contribution in [2.24, 2.45) is 0 Å². The van der Waals surface area contributed by atoms with Crippen LogP contribution in [0.25, 0.3) is 6.08 Å². The van der Waals surface area contributed by atoms with Crippen LogP contribution in [0.5, 0.6) is 0 Å². The molecule has 1 N–H and O–H groups in total. The van der Waals surface area contributed by atoms with Crippen molar-refractivity contribution in [1.82, 2.24) is 0 Å². The fraction of sp³-hybridized carbons (Fsp3) is 0.154. The van der Waals surface area contributed by atoms with Crippen LogP contribution in [0, 0.1) is 6.92 Å². The van der Waals surface area contributed by atoms with Crippen molar-refractivity contribution in [3.05, 3.63) is 46.1 Å². The van der Waals surface area contributed by atoms with Crippen molar-refractivity contribution >= 4 is 35.1 Å². The van der Waals surface area contributed by atoms with Crippen molar-refractivity contribution < 1.29 is 14.3 Å². The van der Waals surface area contributed by atoms with E-state index in [9.17, 15) is 4.79 Å². The van der Waals surface area contributed by atoms with E-state index < -0.39 is 5.97 Å². The van der Waals surface area contributed by atoms with E-state index in [0.717, 1.165) is 26.8 Å². The fourth-order valence-corrected chi connectivity index (χ4v) is 3.40. The van der Waals surface area contributed by atoms with E-state index in [-0.39, 0.29) is 0 Å². The monoisotopic (exact) mass is 280 g/mol. The topological polar surface area (TPSA) is 50.4 Å². The Kier molecular flexibility index (Phi) is 4.28. The minimum Gasteiger partial charge on any atom is -0.478 e. The van der Waals surface area contributed by atoms with Gasteiger partial charge in [0.1, 0.15) is 5.76 Å². The third-order valence-electron chi connectivity index (χ3n) is 2.36. The molecule has 5 heteroatoms. The van der Waals surface area contributed by atoms with Gasteiger partial charge in [0.25, 0.3) is 0 Å². The molecule has 2 aromatic heterocycles. The summed E-state index contributed by atoms with van der Waals surface area (Å²) in [7, 11) is 0. The zero-order valence-corrected chi connectivity index (χ0v) is 11.4. The summed E-state index contributed by atoms with van der Waals surface area (Å²) in [5.74, 6) is 0.807. The Bertz CT molecular complexity index is 566. The van der Waals surface area contributed by atoms with E-state index in [4.69, 9.17) is 9.52 Å². The zero-order valence-electron chi connectivity index (χ0n) is 9.75. The zero-order chi connectivity index (χ0) is 13.0. The van der Waals surface area contributed by atoms with Crippen molar-refractivity contribution in [2.45, 2.75) is 17.6 Å². The first kappa shape index (κ1) is 13.0. The predicted molar refractivity (Wildman–Crippen MR) is 74.0 cm³/mol. The normalized spacial score (nSPS) is 11.2. The van der Waals surface area contributed by atoms with Gasteiger partial charge < -0.3 is 9.52 Å². The van der Waals surface area contributed by atoms with E-state index >= 15 is 0 Å². The number of carboxylic acids is 1. The molecule has 0 radical (unpaired) electrons. The van der Waals surface area contributed by atoms with Crippen LogP contribution in [-0.4, -0.2) is 11.1 Å². The highest BCUT2D eigenvalue weighted by Gasteiger charge is 2.06. The lowest BCUT2D eigenvalue weighted by Crippen LogP contribution is -1.86. The molecule has 0 aliphatic carbocycles. The number of carboxylic acid groups (broad SMARTS) is 1. The highest BCUT2D eigenvalue weighted by Crippen LogP contribution is 2.30. The number of thiophene rings is 1. The van der Waals surface area contributed by atoms with Crippen molar-refractivity contribution in [3.8, 4) is 0 Å². The maximum Gasteiger partial charge on any atom is 0.328 e. The van der Waals surface area contributed by atoms with E-state index in [1.165, 1.54) is 6.08 Å². The molecule has 2 heterocycles. The van der Waals surface area contributed by atoms with Gasteiger partial charge in [0.2, 0.25) is 0 Å². The Labute approximate surface area is 113 Å². The SMILES string of the molecule is Cc1occc1SCc1sccc1/C=C/C(=O)O. The van der Waals surface area contributed by atoms with Gasteiger partial charge in [0.05, 0.1) is 6.26 Å². The first-order chi connectivity index (χ1) is 8.66. The summed E-state index contributed by atoms with van der Waals surface area (Å²) >= 11 is 3.33. The number of aryl methyl sites for hydroxylation is 1. The third kappa shape index (κ3) is 3.27. The number of aliphatic carboxylic acids is 1. The molecule has 0 aliphatic rings. The molecule has 0 atom stereocenters. The highest BCUT2D eigenvalue weighted by atomic mass is 32.2. The van der Waals surface area contributed by atoms with Gasteiger partial charge >= 0.3 is 5.97 Å². The standard InChI is InChI=1S/C13H12O3S2/c1-9-11(4-6-16-9)18-8-12-10(5-7-17-12)2-3-13(14)15/h2-7H,8H2,1H3,(H,14,15)/b3-2+. The highest BCUT2D eigenvalue weighted by molar-refractivity contribution is 7.98. The van der Waals surface area contributed by atoms with Crippen LogP contribution in [0.15, 0.2) is 39.2 Å². The number of hydrogen-bond acceptors (Lipinski definition) is 4. The molecule has 0 amide bonds. The average Bonchev–Trinajstić information content (AvgIpc) is 2.92. The van der Waals surface area contributed by atoms with Gasteiger partial charge in [0, 0.05) is 21.6 Å². The Hall–Kier alpha value is -1.46. The van der Waals surface area contributed by atoms with Crippen LogP contribution in [0.4, 0.5) is 0 Å². The molecule has 2 aromatic rings. The van der Waals surface area contributed by atoms with Crippen molar-refractivity contribution in [2.75, 3.05) is 0 Å². The molecule has 18 heavy (non-hydrogen) atoms. The van der Waals surface area contributed by atoms with Crippen LogP contribution in [0.1, 0.15) is 16.2 Å². The van der Waals surface area contributed by atoms with E-state index in [1.807, 2.05) is 24.4 Å². The van der Waals surface area contributed by atoms with Gasteiger partial charge in [-0.25, -0.2) is 4.79 Å². The molecule has 3 nitrogen and oxygen atoms in total. The quantitative estimate of drug-likeness (QED) is 0.663. The van der Waals surface area contributed by atoms with Crippen LogP contribution < -0.4 is 0 Å². The number of thioether (sulfide) groups is 1. The largest absolute Gasteiger partial charge is 0.478 e. The van der Waals surface area contributed by atoms with E-state index in [0.29, 0.717) is 0 Å². The summed E-state index contributed by atoms with van der Waals surface area (Å²) < 4.78 is 5.23. The molecule has 2 rings (SSSR count). The molecule has 0 saturated carbocycles. The number of rotatable bonds is 5. The predicted octanol–water partition coefficient (Wildman–Crippen LogP) is 4.04. The number of furan rings is 1. The van der Waals surface area contributed by atoms with Gasteiger partial charge in [0.15, 0.2) is 0 Å². The molecule has 0 bridgehead atoms. The molecule has 0 fully saturated rings. The molecule has 0 spiro atoms. The van der Waals surface area contributed by atoms with Crippen LogP contribution in [0.2, 0.25) is 0 Å².